The maximum atomic E-state index is 13.0. The van der Waals surface area contributed by atoms with Crippen LogP contribution in [0.5, 0.6) is 0 Å². The van der Waals surface area contributed by atoms with Crippen molar-refractivity contribution in [2.45, 2.75) is 375 Å². The number of aliphatic hydroxyl groups excluding tert-OH is 1. The molecular weight excluding hydrogens is 1200 g/mol. The number of rotatable bonds is 69. The van der Waals surface area contributed by atoms with Gasteiger partial charge in [-0.25, -0.2) is 9.13 Å². The molecule has 0 aliphatic carbocycles. The van der Waals surface area contributed by atoms with Crippen molar-refractivity contribution in [3.05, 3.63) is 0 Å². The Labute approximate surface area is 556 Å². The summed E-state index contributed by atoms with van der Waals surface area (Å²) >= 11 is 0. The van der Waals surface area contributed by atoms with Crippen LogP contribution in [0.25, 0.3) is 0 Å². The van der Waals surface area contributed by atoms with Crippen LogP contribution < -0.4 is 0 Å². The summed E-state index contributed by atoms with van der Waals surface area (Å²) in [6, 6.07) is 0. The Morgan fingerprint density at radius 1 is 0.308 bits per heavy atom. The van der Waals surface area contributed by atoms with Crippen LogP contribution >= 0.6 is 15.6 Å². The Hall–Kier alpha value is -1.94. The summed E-state index contributed by atoms with van der Waals surface area (Å²) in [5.41, 5.74) is 0. The van der Waals surface area contributed by atoms with Crippen LogP contribution in [0.1, 0.15) is 357 Å². The quantitative estimate of drug-likeness (QED) is 0.0222. The van der Waals surface area contributed by atoms with E-state index in [2.05, 4.69) is 55.4 Å². The van der Waals surface area contributed by atoms with Crippen molar-refractivity contribution in [2.75, 3.05) is 39.6 Å². The number of unbranched alkanes of at least 4 members (excludes halogenated alkanes) is 33. The van der Waals surface area contributed by atoms with Gasteiger partial charge in [-0.05, 0) is 49.4 Å². The molecule has 0 spiro atoms. The highest BCUT2D eigenvalue weighted by atomic mass is 31.2. The standard InChI is InChI=1S/C72H140O17P2/c1-9-64(7)50-42-34-25-19-16-17-21-28-38-46-54-71(76)88-68(59-83-70(75)53-45-37-31-30-33-41-49-63(5)6)61-87-91(80,81)85-57-66(73)56-84-90(78,79)86-60-67(89-72(77)55-47-39-29-23-22-26-35-43-51-65(8)10-2)58-82-69(74)52-44-36-27-20-15-13-11-12-14-18-24-32-40-48-62(3)4/h62-68,73H,9-61H2,1-8H3,(H,78,79)(H,80,81)/t64?,65?,66-,67-,68-/m1/s1. The van der Waals surface area contributed by atoms with Gasteiger partial charge < -0.3 is 33.8 Å². The molecule has 0 saturated carbocycles. The Morgan fingerprint density at radius 3 is 0.780 bits per heavy atom. The van der Waals surface area contributed by atoms with Gasteiger partial charge in [-0.3, -0.25) is 37.3 Å². The third-order valence-electron chi connectivity index (χ3n) is 17.3. The van der Waals surface area contributed by atoms with Gasteiger partial charge in [0.05, 0.1) is 26.4 Å². The van der Waals surface area contributed by atoms with E-state index < -0.39 is 97.5 Å². The lowest BCUT2D eigenvalue weighted by molar-refractivity contribution is -0.161. The molecule has 91 heavy (non-hydrogen) atoms. The molecule has 17 nitrogen and oxygen atoms in total. The lowest BCUT2D eigenvalue weighted by Crippen LogP contribution is -2.30. The second-order valence-corrected chi connectivity index (χ2v) is 30.3. The van der Waals surface area contributed by atoms with Crippen LogP contribution in [0.15, 0.2) is 0 Å². The van der Waals surface area contributed by atoms with Gasteiger partial charge in [0.15, 0.2) is 12.2 Å². The molecule has 19 heteroatoms. The third kappa shape index (κ3) is 63.9. The molecular formula is C72H140O17P2. The summed E-state index contributed by atoms with van der Waals surface area (Å²) in [6.07, 6.45) is 44.4. The molecule has 0 aromatic heterocycles. The van der Waals surface area contributed by atoms with Crippen molar-refractivity contribution in [3.8, 4) is 0 Å². The zero-order valence-corrected chi connectivity index (χ0v) is 61.3. The summed E-state index contributed by atoms with van der Waals surface area (Å²) < 4.78 is 68.3. The molecule has 540 valence electrons. The number of carbonyl (C=O) groups is 4. The normalized spacial score (nSPS) is 14.8. The van der Waals surface area contributed by atoms with Crippen molar-refractivity contribution in [1.82, 2.24) is 0 Å². The fourth-order valence-corrected chi connectivity index (χ4v) is 12.4. The molecule has 0 radical (unpaired) electrons. The fourth-order valence-electron chi connectivity index (χ4n) is 10.8. The van der Waals surface area contributed by atoms with E-state index in [-0.39, 0.29) is 25.7 Å². The Morgan fingerprint density at radius 2 is 0.527 bits per heavy atom. The highest BCUT2D eigenvalue weighted by molar-refractivity contribution is 7.47. The second kappa shape index (κ2) is 61.6. The van der Waals surface area contributed by atoms with Gasteiger partial charge in [-0.15, -0.1) is 0 Å². The Balaban J connectivity index is 5.24. The summed E-state index contributed by atoms with van der Waals surface area (Å²) in [6.45, 7) is 14.1. The van der Waals surface area contributed by atoms with Gasteiger partial charge >= 0.3 is 39.5 Å². The van der Waals surface area contributed by atoms with E-state index in [0.29, 0.717) is 31.6 Å². The van der Waals surface area contributed by atoms with Gasteiger partial charge in [0.25, 0.3) is 0 Å². The smallest absolute Gasteiger partial charge is 0.462 e. The van der Waals surface area contributed by atoms with Gasteiger partial charge in [0.1, 0.15) is 19.3 Å². The number of hydrogen-bond donors (Lipinski definition) is 3. The number of phosphoric acid groups is 2. The van der Waals surface area contributed by atoms with Crippen molar-refractivity contribution in [3.63, 3.8) is 0 Å². The zero-order valence-electron chi connectivity index (χ0n) is 59.5. The zero-order chi connectivity index (χ0) is 67.5. The number of phosphoric ester groups is 2. The average Bonchev–Trinajstić information content (AvgIpc) is 2.89. The number of ether oxygens (including phenoxy) is 4. The van der Waals surface area contributed by atoms with Crippen LogP contribution in [0, 0.1) is 23.7 Å². The maximum Gasteiger partial charge on any atom is 0.472 e. The minimum Gasteiger partial charge on any atom is -0.462 e. The molecule has 0 rings (SSSR count). The predicted molar refractivity (Wildman–Crippen MR) is 367 cm³/mol. The van der Waals surface area contributed by atoms with E-state index in [4.69, 9.17) is 37.0 Å². The molecule has 0 heterocycles. The number of hydrogen-bond acceptors (Lipinski definition) is 15. The fraction of sp³-hybridized carbons (Fsp3) is 0.944. The van der Waals surface area contributed by atoms with E-state index in [1.807, 2.05) is 0 Å². The first kappa shape index (κ1) is 89.1. The van der Waals surface area contributed by atoms with Crippen LogP contribution in [-0.4, -0.2) is 96.7 Å². The molecule has 0 aliphatic rings. The molecule has 0 amide bonds. The highest BCUT2D eigenvalue weighted by Crippen LogP contribution is 2.45. The van der Waals surface area contributed by atoms with Crippen molar-refractivity contribution < 1.29 is 80.2 Å². The van der Waals surface area contributed by atoms with E-state index in [1.54, 1.807) is 0 Å². The van der Waals surface area contributed by atoms with Crippen LogP contribution in [-0.2, 0) is 65.4 Å². The summed E-state index contributed by atoms with van der Waals surface area (Å²) in [5, 5.41) is 10.6. The molecule has 0 bridgehead atoms. The van der Waals surface area contributed by atoms with Crippen LogP contribution in [0.4, 0.5) is 0 Å². The van der Waals surface area contributed by atoms with Crippen molar-refractivity contribution >= 4 is 39.5 Å². The van der Waals surface area contributed by atoms with Gasteiger partial charge in [-0.1, -0.05) is 306 Å². The maximum absolute atomic E-state index is 13.0. The first-order valence-corrected chi connectivity index (χ1v) is 40.3. The molecule has 0 aromatic carbocycles. The Kier molecular flexibility index (Phi) is 60.3. The van der Waals surface area contributed by atoms with Gasteiger partial charge in [0, 0.05) is 25.7 Å². The number of carbonyl (C=O) groups excluding carboxylic acids is 4. The largest absolute Gasteiger partial charge is 0.472 e. The van der Waals surface area contributed by atoms with Crippen LogP contribution in [0.2, 0.25) is 0 Å². The van der Waals surface area contributed by atoms with Crippen LogP contribution in [0.3, 0.4) is 0 Å². The number of aliphatic hydroxyl groups is 1. The average molecular weight is 1340 g/mol. The summed E-state index contributed by atoms with van der Waals surface area (Å²) in [5.74, 6) is 0.914. The van der Waals surface area contributed by atoms with Gasteiger partial charge in [0.2, 0.25) is 0 Å². The SMILES string of the molecule is CCC(C)CCCCCCCCCCCCC(=O)O[C@H](COC(=O)CCCCCCCCC(C)C)COP(=O)(O)OC[C@H](O)COP(=O)(O)OC[C@@H](COC(=O)CCCCCCCCCCCCCCCC(C)C)OC(=O)CCCCCCCCCCC(C)CC. The van der Waals surface area contributed by atoms with E-state index >= 15 is 0 Å². The first-order chi connectivity index (χ1) is 43.7. The Bertz CT molecular complexity index is 1800. The molecule has 0 fully saturated rings. The number of esters is 4. The summed E-state index contributed by atoms with van der Waals surface area (Å²) in [4.78, 5) is 72.6. The van der Waals surface area contributed by atoms with Gasteiger partial charge in [-0.2, -0.15) is 0 Å². The van der Waals surface area contributed by atoms with Crippen molar-refractivity contribution in [2.24, 2.45) is 23.7 Å². The lowest BCUT2D eigenvalue weighted by Gasteiger charge is -2.21. The van der Waals surface area contributed by atoms with E-state index in [9.17, 15) is 43.2 Å². The predicted octanol–water partition coefficient (Wildman–Crippen LogP) is 20.5. The monoisotopic (exact) mass is 1340 g/mol. The molecule has 3 N–H and O–H groups in total. The topological polar surface area (TPSA) is 237 Å². The van der Waals surface area contributed by atoms with E-state index in [0.717, 1.165) is 114 Å². The minimum absolute atomic E-state index is 0.104. The third-order valence-corrected chi connectivity index (χ3v) is 19.2. The minimum atomic E-state index is -4.95. The van der Waals surface area contributed by atoms with E-state index in [1.165, 1.54) is 154 Å². The molecule has 7 atom stereocenters. The second-order valence-electron chi connectivity index (χ2n) is 27.4. The first-order valence-electron chi connectivity index (χ1n) is 37.3. The lowest BCUT2D eigenvalue weighted by atomic mass is 9.99. The molecule has 4 unspecified atom stereocenters. The molecule has 0 aromatic rings. The highest BCUT2D eigenvalue weighted by Gasteiger charge is 2.30. The molecule has 0 aliphatic heterocycles. The van der Waals surface area contributed by atoms with Crippen molar-refractivity contribution in [1.29, 1.82) is 0 Å². The summed E-state index contributed by atoms with van der Waals surface area (Å²) in [7, 11) is -9.91. The molecule has 0 saturated heterocycles.